The van der Waals surface area contributed by atoms with Crippen molar-refractivity contribution in [1.82, 2.24) is 0 Å². The van der Waals surface area contributed by atoms with Crippen molar-refractivity contribution in [3.63, 3.8) is 0 Å². The predicted molar refractivity (Wildman–Crippen MR) is 106 cm³/mol. The minimum absolute atomic E-state index is 0.162. The summed E-state index contributed by atoms with van der Waals surface area (Å²) in [6.07, 6.45) is 0. The fourth-order valence-corrected chi connectivity index (χ4v) is 3.52. The molecular formula is C22H19BrO3. The minimum Gasteiger partial charge on any atom is -0.478 e. The number of rotatable bonds is 4. The van der Waals surface area contributed by atoms with E-state index in [1.807, 2.05) is 36.4 Å². The topological polar surface area (TPSA) is 54.4 Å². The molecule has 0 aliphatic heterocycles. The Morgan fingerprint density at radius 2 is 1.42 bits per heavy atom. The van der Waals surface area contributed by atoms with Gasteiger partial charge in [0.2, 0.25) is 0 Å². The fraction of sp³-hybridized carbons (Fsp3) is 0.182. The molecule has 2 aliphatic carbocycles. The van der Waals surface area contributed by atoms with Crippen molar-refractivity contribution in [2.45, 2.75) is 26.7 Å². The van der Waals surface area contributed by atoms with Crippen LogP contribution >= 0.6 is 15.9 Å². The Balaban J connectivity index is 2.27. The van der Waals surface area contributed by atoms with Crippen LogP contribution in [0.3, 0.4) is 0 Å². The summed E-state index contributed by atoms with van der Waals surface area (Å²) in [6.45, 7) is 5.87. The zero-order chi connectivity index (χ0) is 19.0. The maximum Gasteiger partial charge on any atom is 0.336 e. The third-order valence-electron chi connectivity index (χ3n) is 4.68. The number of ketones is 1. The van der Waals surface area contributed by atoms with Gasteiger partial charge in [0.25, 0.3) is 0 Å². The molecule has 0 heterocycles. The van der Waals surface area contributed by atoms with E-state index in [4.69, 9.17) is 0 Å². The molecule has 0 amide bonds. The van der Waals surface area contributed by atoms with Gasteiger partial charge in [-0.25, -0.2) is 4.79 Å². The number of carboxylic acids is 1. The van der Waals surface area contributed by atoms with E-state index in [2.05, 4.69) is 29.8 Å². The Morgan fingerprint density at radius 1 is 0.885 bits per heavy atom. The van der Waals surface area contributed by atoms with Gasteiger partial charge in [0.1, 0.15) is 0 Å². The maximum atomic E-state index is 13.1. The van der Waals surface area contributed by atoms with Crippen LogP contribution in [0.2, 0.25) is 0 Å². The number of aromatic carboxylic acids is 1. The van der Waals surface area contributed by atoms with E-state index < -0.39 is 5.97 Å². The zero-order valence-corrected chi connectivity index (χ0v) is 16.4. The largest absolute Gasteiger partial charge is 0.478 e. The molecule has 0 aromatic heterocycles. The van der Waals surface area contributed by atoms with Gasteiger partial charge in [0.05, 0.1) is 5.56 Å². The number of carbonyl (C=O) groups excluding carboxylic acids is 1. The van der Waals surface area contributed by atoms with Gasteiger partial charge in [0, 0.05) is 15.6 Å². The van der Waals surface area contributed by atoms with Crippen LogP contribution in [0.5, 0.6) is 0 Å². The Labute approximate surface area is 161 Å². The molecule has 0 saturated heterocycles. The molecule has 0 saturated carbocycles. The van der Waals surface area contributed by atoms with Crippen molar-refractivity contribution in [1.29, 1.82) is 0 Å². The van der Waals surface area contributed by atoms with Crippen molar-refractivity contribution in [3.05, 3.63) is 80.8 Å². The van der Waals surface area contributed by atoms with E-state index in [0.717, 1.165) is 10.0 Å². The highest BCUT2D eigenvalue weighted by Gasteiger charge is 2.28. The summed E-state index contributed by atoms with van der Waals surface area (Å²) in [5.74, 6) is -0.865. The second-order valence-electron chi connectivity index (χ2n) is 6.66. The predicted octanol–water partition coefficient (Wildman–Crippen LogP) is 5.91. The Hall–Kier alpha value is -2.46. The van der Waals surface area contributed by atoms with Crippen LogP contribution in [-0.4, -0.2) is 16.9 Å². The van der Waals surface area contributed by atoms with Gasteiger partial charge in [-0.1, -0.05) is 54.0 Å². The van der Waals surface area contributed by atoms with Gasteiger partial charge in [-0.2, -0.15) is 0 Å². The van der Waals surface area contributed by atoms with E-state index in [9.17, 15) is 14.7 Å². The summed E-state index contributed by atoms with van der Waals surface area (Å²) in [7, 11) is 0. The van der Waals surface area contributed by atoms with Gasteiger partial charge in [-0.3, -0.25) is 4.79 Å². The number of carbonyl (C=O) groups is 2. The summed E-state index contributed by atoms with van der Waals surface area (Å²) >= 11 is 3.37. The number of benzene rings is 1. The molecule has 2 aliphatic rings. The van der Waals surface area contributed by atoms with Crippen LogP contribution in [0.4, 0.5) is 0 Å². The SMILES string of the molecule is Cc1c(C(=O)O)c2ccc(C(C)C)ccc-2c1C(=O)c1ccc(Br)cc1. The fourth-order valence-electron chi connectivity index (χ4n) is 3.26. The Morgan fingerprint density at radius 3 is 1.92 bits per heavy atom. The summed E-state index contributed by atoms with van der Waals surface area (Å²) in [4.78, 5) is 25.0. The van der Waals surface area contributed by atoms with Crippen molar-refractivity contribution in [3.8, 4) is 11.1 Å². The van der Waals surface area contributed by atoms with Crippen molar-refractivity contribution in [2.75, 3.05) is 0 Å². The summed E-state index contributed by atoms with van der Waals surface area (Å²) in [6, 6.07) is 14.7. The first kappa shape index (κ1) is 18.3. The molecule has 1 N–H and O–H groups in total. The number of carboxylic acid groups (broad SMARTS) is 1. The van der Waals surface area contributed by atoms with Gasteiger partial charge in [-0.15, -0.1) is 0 Å². The van der Waals surface area contributed by atoms with Crippen LogP contribution in [0.1, 0.15) is 57.2 Å². The smallest absolute Gasteiger partial charge is 0.336 e. The van der Waals surface area contributed by atoms with Gasteiger partial charge >= 0.3 is 5.97 Å². The number of halogens is 1. The van der Waals surface area contributed by atoms with E-state index in [1.165, 1.54) is 0 Å². The summed E-state index contributed by atoms with van der Waals surface area (Å²) in [5.41, 5.74) is 4.09. The second-order valence-corrected chi connectivity index (χ2v) is 7.58. The van der Waals surface area contributed by atoms with Gasteiger partial charge < -0.3 is 5.11 Å². The molecule has 1 aromatic carbocycles. The Bertz CT molecular complexity index is 971. The average Bonchev–Trinajstić information content (AvgIpc) is 2.72. The van der Waals surface area contributed by atoms with Crippen LogP contribution < -0.4 is 0 Å². The first-order valence-electron chi connectivity index (χ1n) is 8.41. The molecule has 4 heteroatoms. The number of hydrogen-bond donors (Lipinski definition) is 1. The van der Waals surface area contributed by atoms with Crippen LogP contribution in [0, 0.1) is 6.92 Å². The van der Waals surface area contributed by atoms with E-state index >= 15 is 0 Å². The molecule has 1 aromatic rings. The lowest BCUT2D eigenvalue weighted by molar-refractivity contribution is 0.0697. The summed E-state index contributed by atoms with van der Waals surface area (Å²) < 4.78 is 0.886. The standard InChI is InChI=1S/C22H19BrO3/c1-12(2)14-6-10-17-18(11-7-14)20(22(25)26)13(3)19(17)21(24)15-4-8-16(23)9-5-15/h4-12H,1-3H3,(H,25,26). The third kappa shape index (κ3) is 3.17. The lowest BCUT2D eigenvalue weighted by atomic mass is 9.99. The van der Waals surface area contributed by atoms with E-state index in [-0.39, 0.29) is 11.3 Å². The second kappa shape index (κ2) is 7.04. The summed E-state index contributed by atoms with van der Waals surface area (Å²) in [5, 5.41) is 9.71. The highest BCUT2D eigenvalue weighted by Crippen LogP contribution is 2.38. The molecule has 0 bridgehead atoms. The first-order valence-corrected chi connectivity index (χ1v) is 9.20. The normalized spacial score (nSPS) is 11.1. The lowest BCUT2D eigenvalue weighted by Crippen LogP contribution is -2.04. The van der Waals surface area contributed by atoms with E-state index in [0.29, 0.717) is 33.7 Å². The molecule has 0 fully saturated rings. The molecule has 3 nitrogen and oxygen atoms in total. The maximum absolute atomic E-state index is 13.1. The lowest BCUT2D eigenvalue weighted by Gasteiger charge is -2.04. The third-order valence-corrected chi connectivity index (χ3v) is 5.21. The molecule has 0 atom stereocenters. The molecule has 0 spiro atoms. The molecular weight excluding hydrogens is 392 g/mol. The van der Waals surface area contributed by atoms with Gasteiger partial charge in [-0.05, 0) is 59.4 Å². The molecule has 0 unspecified atom stereocenters. The van der Waals surface area contributed by atoms with Crippen molar-refractivity contribution >= 4 is 27.7 Å². The monoisotopic (exact) mass is 410 g/mol. The molecule has 3 rings (SSSR count). The first-order chi connectivity index (χ1) is 12.3. The van der Waals surface area contributed by atoms with Gasteiger partial charge in [0.15, 0.2) is 5.78 Å². The van der Waals surface area contributed by atoms with Crippen molar-refractivity contribution in [2.24, 2.45) is 0 Å². The minimum atomic E-state index is -1.01. The van der Waals surface area contributed by atoms with Crippen molar-refractivity contribution < 1.29 is 14.7 Å². The average molecular weight is 411 g/mol. The van der Waals surface area contributed by atoms with E-state index in [1.54, 1.807) is 19.1 Å². The van der Waals surface area contributed by atoms with Crippen LogP contribution in [0.25, 0.3) is 11.1 Å². The Kier molecular flexibility index (Phi) is 4.97. The van der Waals surface area contributed by atoms with Crippen LogP contribution in [-0.2, 0) is 0 Å². The zero-order valence-electron chi connectivity index (χ0n) is 14.8. The van der Waals surface area contributed by atoms with Crippen LogP contribution in [0.15, 0.2) is 53.0 Å². The highest BCUT2D eigenvalue weighted by molar-refractivity contribution is 9.10. The highest BCUT2D eigenvalue weighted by atomic mass is 79.9. The molecule has 132 valence electrons. The number of fused-ring (bicyclic) bond motifs is 1. The number of hydrogen-bond acceptors (Lipinski definition) is 2. The molecule has 0 radical (unpaired) electrons. The quantitative estimate of drug-likeness (QED) is 0.543. The molecule has 26 heavy (non-hydrogen) atoms.